The zero-order chi connectivity index (χ0) is 17.7. The fourth-order valence-electron chi connectivity index (χ4n) is 2.18. The Morgan fingerprint density at radius 1 is 1.50 bits per heavy atom. The molecule has 7 nitrogen and oxygen atoms in total. The zero-order valence-electron chi connectivity index (χ0n) is 13.4. The third-order valence-electron chi connectivity index (χ3n) is 3.26. The minimum Gasteiger partial charge on any atom is -0.489 e. The van der Waals surface area contributed by atoms with E-state index in [0.29, 0.717) is 0 Å². The van der Waals surface area contributed by atoms with Gasteiger partial charge in [0.25, 0.3) is 0 Å². The van der Waals surface area contributed by atoms with E-state index < -0.39 is 11.8 Å². The highest BCUT2D eigenvalue weighted by Gasteiger charge is 2.27. The van der Waals surface area contributed by atoms with Crippen molar-refractivity contribution in [1.29, 1.82) is 0 Å². The maximum atomic E-state index is 13.4. The number of esters is 1. The molecule has 0 aliphatic carbocycles. The zero-order valence-corrected chi connectivity index (χ0v) is 13.4. The van der Waals surface area contributed by atoms with Gasteiger partial charge in [-0.3, -0.25) is 9.69 Å². The number of hydrogen-bond donors (Lipinski definition) is 1. The van der Waals surface area contributed by atoms with Crippen LogP contribution in [0.5, 0.6) is 5.75 Å². The summed E-state index contributed by atoms with van der Waals surface area (Å²) in [5.41, 5.74) is 5.79. The Hall–Kier alpha value is -2.90. The summed E-state index contributed by atoms with van der Waals surface area (Å²) in [6.07, 6.45) is 1.04. The van der Waals surface area contributed by atoms with Crippen LogP contribution in [0.25, 0.3) is 0 Å². The molecule has 8 heteroatoms. The number of amides is 1. The van der Waals surface area contributed by atoms with E-state index >= 15 is 0 Å². The molecule has 1 aliphatic heterocycles. The highest BCUT2D eigenvalue weighted by atomic mass is 19.1. The number of rotatable bonds is 3. The first-order valence-corrected chi connectivity index (χ1v) is 7.36. The van der Waals surface area contributed by atoms with Crippen molar-refractivity contribution in [1.82, 2.24) is 4.90 Å². The van der Waals surface area contributed by atoms with Crippen molar-refractivity contribution < 1.29 is 23.5 Å². The van der Waals surface area contributed by atoms with E-state index in [2.05, 4.69) is 4.99 Å². The van der Waals surface area contributed by atoms with Gasteiger partial charge in [0.15, 0.2) is 5.84 Å². The molecular weight excluding hydrogens is 317 g/mol. The predicted molar refractivity (Wildman–Crippen MR) is 85.3 cm³/mol. The van der Waals surface area contributed by atoms with Gasteiger partial charge < -0.3 is 15.2 Å². The quantitative estimate of drug-likeness (QED) is 0.667. The molecular formula is C16H18FN3O4. The van der Waals surface area contributed by atoms with E-state index in [9.17, 15) is 14.0 Å². The van der Waals surface area contributed by atoms with Crippen LogP contribution in [-0.2, 0) is 14.3 Å². The lowest BCUT2D eigenvalue weighted by molar-refractivity contribution is -0.137. The van der Waals surface area contributed by atoms with Crippen molar-refractivity contribution in [2.24, 2.45) is 10.7 Å². The Balaban J connectivity index is 2.59. The van der Waals surface area contributed by atoms with E-state index in [-0.39, 0.29) is 48.5 Å². The van der Waals surface area contributed by atoms with Gasteiger partial charge in [-0.15, -0.1) is 0 Å². The number of halogens is 1. The Morgan fingerprint density at radius 2 is 2.25 bits per heavy atom. The number of carbonyl (C=O) groups is 2. The largest absolute Gasteiger partial charge is 0.489 e. The summed E-state index contributed by atoms with van der Waals surface area (Å²) in [6.45, 7) is 3.37. The minimum absolute atomic E-state index is 0.0413. The number of nitrogens with zero attached hydrogens (tertiary/aromatic N) is 2. The average Bonchev–Trinajstić information content (AvgIpc) is 2.51. The van der Waals surface area contributed by atoms with Crippen LogP contribution >= 0.6 is 0 Å². The first-order valence-electron chi connectivity index (χ1n) is 7.36. The molecule has 0 radical (unpaired) electrons. The fourth-order valence-corrected chi connectivity index (χ4v) is 2.18. The number of amidine groups is 1. The summed E-state index contributed by atoms with van der Waals surface area (Å²) < 4.78 is 23.8. The number of nitrogens with two attached hydrogens (primary N) is 1. The molecule has 1 aromatic carbocycles. The van der Waals surface area contributed by atoms with Crippen LogP contribution < -0.4 is 10.5 Å². The van der Waals surface area contributed by atoms with Crippen molar-refractivity contribution in [2.45, 2.75) is 13.8 Å². The predicted octanol–water partition coefficient (Wildman–Crippen LogP) is 1.50. The minimum atomic E-state index is -0.699. The standard InChI is InChI=1S/C16H18FN3O4/c1-3-23-16(22)12(9-18)15-19-13-5-4-11(17)8-14(13)24-7-6-20(15)10(2)21/h4-5,8-9H,3,6-7,18H2,1-2H3/b12-9+,19-15?. The molecule has 0 bridgehead atoms. The van der Waals surface area contributed by atoms with Gasteiger partial charge in [-0.2, -0.15) is 0 Å². The number of ether oxygens (including phenoxy) is 2. The molecule has 0 saturated heterocycles. The van der Waals surface area contributed by atoms with Gasteiger partial charge in [0, 0.05) is 19.2 Å². The van der Waals surface area contributed by atoms with E-state index in [1.165, 1.54) is 30.0 Å². The molecule has 0 spiro atoms. The second-order valence-corrected chi connectivity index (χ2v) is 4.87. The van der Waals surface area contributed by atoms with Gasteiger partial charge in [0.2, 0.25) is 5.91 Å². The summed E-state index contributed by atoms with van der Waals surface area (Å²) in [6, 6.07) is 3.79. The summed E-state index contributed by atoms with van der Waals surface area (Å²) in [5, 5.41) is 0. The first-order chi connectivity index (χ1) is 11.5. The monoisotopic (exact) mass is 335 g/mol. The molecule has 24 heavy (non-hydrogen) atoms. The Kier molecular flexibility index (Phi) is 5.51. The molecule has 2 rings (SSSR count). The lowest BCUT2D eigenvalue weighted by atomic mass is 10.2. The molecule has 1 aromatic rings. The van der Waals surface area contributed by atoms with Crippen LogP contribution in [-0.4, -0.2) is 42.4 Å². The SMILES string of the molecule is CCOC(=O)/C(=C/N)C1=Nc2ccc(F)cc2OCCN1C(C)=O. The molecule has 0 saturated carbocycles. The first kappa shape index (κ1) is 17.5. The summed E-state index contributed by atoms with van der Waals surface area (Å²) >= 11 is 0. The molecule has 1 amide bonds. The van der Waals surface area contributed by atoms with Gasteiger partial charge in [-0.05, 0) is 19.1 Å². The number of fused-ring (bicyclic) bond motifs is 1. The van der Waals surface area contributed by atoms with E-state index in [1.54, 1.807) is 6.92 Å². The van der Waals surface area contributed by atoms with Gasteiger partial charge in [0.05, 0.1) is 13.2 Å². The molecule has 0 fully saturated rings. The maximum Gasteiger partial charge on any atom is 0.343 e. The molecule has 0 aromatic heterocycles. The molecule has 0 atom stereocenters. The third-order valence-corrected chi connectivity index (χ3v) is 3.26. The number of benzene rings is 1. The smallest absolute Gasteiger partial charge is 0.343 e. The van der Waals surface area contributed by atoms with E-state index in [4.69, 9.17) is 15.2 Å². The second-order valence-electron chi connectivity index (χ2n) is 4.87. The summed E-state index contributed by atoms with van der Waals surface area (Å²) in [7, 11) is 0. The lowest BCUT2D eigenvalue weighted by Crippen LogP contribution is -2.41. The van der Waals surface area contributed by atoms with Crippen molar-refractivity contribution in [3.8, 4) is 5.75 Å². The molecule has 2 N–H and O–H groups in total. The van der Waals surface area contributed by atoms with Gasteiger partial charge >= 0.3 is 5.97 Å². The highest BCUT2D eigenvalue weighted by Crippen LogP contribution is 2.31. The fraction of sp³-hybridized carbons (Fsp3) is 0.312. The Labute approximate surface area is 138 Å². The van der Waals surface area contributed by atoms with Crippen LogP contribution in [0.2, 0.25) is 0 Å². The third kappa shape index (κ3) is 3.70. The second kappa shape index (κ2) is 7.58. The van der Waals surface area contributed by atoms with Gasteiger partial charge in [-0.1, -0.05) is 0 Å². The van der Waals surface area contributed by atoms with E-state index in [0.717, 1.165) is 6.20 Å². The Morgan fingerprint density at radius 3 is 2.88 bits per heavy atom. The Bertz CT molecular complexity index is 715. The van der Waals surface area contributed by atoms with Gasteiger partial charge in [-0.25, -0.2) is 14.2 Å². The number of hydrogen-bond acceptors (Lipinski definition) is 6. The van der Waals surface area contributed by atoms with Crippen molar-refractivity contribution in [3.05, 3.63) is 35.8 Å². The molecule has 1 aliphatic rings. The van der Waals surface area contributed by atoms with Crippen LogP contribution in [0.15, 0.2) is 35.0 Å². The van der Waals surface area contributed by atoms with Crippen molar-refractivity contribution in [2.75, 3.05) is 19.8 Å². The normalized spacial score (nSPS) is 14.7. The van der Waals surface area contributed by atoms with Crippen molar-refractivity contribution in [3.63, 3.8) is 0 Å². The van der Waals surface area contributed by atoms with Crippen LogP contribution in [0.1, 0.15) is 13.8 Å². The summed E-state index contributed by atoms with van der Waals surface area (Å²) in [5.74, 6) is -1.26. The van der Waals surface area contributed by atoms with Crippen LogP contribution in [0.4, 0.5) is 10.1 Å². The van der Waals surface area contributed by atoms with Gasteiger partial charge in [0.1, 0.15) is 29.4 Å². The lowest BCUT2D eigenvalue weighted by Gasteiger charge is -2.26. The number of carbonyl (C=O) groups excluding carboxylic acids is 2. The molecule has 128 valence electrons. The van der Waals surface area contributed by atoms with Crippen LogP contribution in [0.3, 0.4) is 0 Å². The average molecular weight is 335 g/mol. The number of aliphatic imine (C=N–C) groups is 1. The molecule has 0 unspecified atom stereocenters. The topological polar surface area (TPSA) is 94.2 Å². The maximum absolute atomic E-state index is 13.4. The van der Waals surface area contributed by atoms with E-state index in [1.807, 2.05) is 0 Å². The van der Waals surface area contributed by atoms with Crippen LogP contribution in [0, 0.1) is 5.82 Å². The summed E-state index contributed by atoms with van der Waals surface area (Å²) in [4.78, 5) is 29.6. The highest BCUT2D eigenvalue weighted by molar-refractivity contribution is 6.22. The van der Waals surface area contributed by atoms with Crippen molar-refractivity contribution >= 4 is 23.4 Å². The molecule has 1 heterocycles.